The Kier molecular flexibility index (Phi) is 2.04. The first kappa shape index (κ1) is 10.2. The number of carbonyl (C=O) groups excluding carboxylic acids is 1. The summed E-state index contributed by atoms with van der Waals surface area (Å²) < 4.78 is 0. The molecule has 0 N–H and O–H groups in total. The van der Waals surface area contributed by atoms with E-state index in [9.17, 15) is 4.79 Å². The van der Waals surface area contributed by atoms with Crippen LogP contribution in [0.25, 0.3) is 0 Å². The normalized spacial score (nSPS) is 47.0. The van der Waals surface area contributed by atoms with E-state index in [1.54, 1.807) is 0 Å². The molecule has 1 aliphatic carbocycles. The Morgan fingerprint density at radius 1 is 1.43 bits per heavy atom. The molecule has 1 saturated heterocycles. The first-order valence-corrected chi connectivity index (χ1v) is 5.65. The van der Waals surface area contributed by atoms with Crippen molar-refractivity contribution in [2.24, 2.45) is 5.41 Å². The van der Waals surface area contributed by atoms with Gasteiger partial charge in [0.05, 0.1) is 0 Å². The summed E-state index contributed by atoms with van der Waals surface area (Å²) in [5.74, 6) is 0. The van der Waals surface area contributed by atoms with Crippen LogP contribution in [0.3, 0.4) is 0 Å². The minimum absolute atomic E-state index is 0.0732. The number of fused-ring (bicyclic) bond motifs is 1. The van der Waals surface area contributed by atoms with Crippen molar-refractivity contribution in [2.45, 2.75) is 64.6 Å². The van der Waals surface area contributed by atoms with Gasteiger partial charge in [-0.25, -0.2) is 0 Å². The zero-order chi connectivity index (χ0) is 10.6. The molecule has 2 fully saturated rings. The summed E-state index contributed by atoms with van der Waals surface area (Å²) in [7, 11) is 0. The second-order valence-corrected chi connectivity index (χ2v) is 6.11. The molecule has 2 rings (SSSR count). The van der Waals surface area contributed by atoms with Crippen molar-refractivity contribution in [1.29, 1.82) is 0 Å². The number of likely N-dealkylation sites (tertiary alicyclic amines) is 1. The van der Waals surface area contributed by atoms with E-state index >= 15 is 0 Å². The van der Waals surface area contributed by atoms with Crippen LogP contribution in [0.5, 0.6) is 0 Å². The van der Waals surface area contributed by atoms with E-state index in [-0.39, 0.29) is 11.0 Å². The van der Waals surface area contributed by atoms with Crippen molar-refractivity contribution < 1.29 is 4.79 Å². The molecule has 1 aliphatic heterocycles. The molecule has 2 heteroatoms. The van der Waals surface area contributed by atoms with E-state index in [2.05, 4.69) is 32.6 Å². The number of carbonyl (C=O) groups is 1. The second kappa shape index (κ2) is 2.82. The molecule has 2 nitrogen and oxygen atoms in total. The number of hydrogen-bond donors (Lipinski definition) is 0. The zero-order valence-electron chi connectivity index (χ0n) is 9.71. The van der Waals surface area contributed by atoms with Gasteiger partial charge < -0.3 is 4.79 Å². The monoisotopic (exact) mass is 195 g/mol. The molecule has 4 atom stereocenters. The van der Waals surface area contributed by atoms with Gasteiger partial charge in [-0.15, -0.1) is 0 Å². The van der Waals surface area contributed by atoms with Gasteiger partial charge in [0.25, 0.3) is 0 Å². The Hall–Kier alpha value is -0.370. The highest BCUT2D eigenvalue weighted by atomic mass is 16.1. The molecular weight excluding hydrogens is 174 g/mol. The predicted octanol–water partition coefficient (Wildman–Crippen LogP) is 2.23. The van der Waals surface area contributed by atoms with Gasteiger partial charge in [0.15, 0.2) is 0 Å². The molecule has 14 heavy (non-hydrogen) atoms. The summed E-state index contributed by atoms with van der Waals surface area (Å²) in [6, 6.07) is 1.20. The summed E-state index contributed by atoms with van der Waals surface area (Å²) in [6.07, 6.45) is 4.76. The number of rotatable bonds is 1. The average Bonchev–Trinajstić information content (AvgIpc) is 2.79. The molecule has 1 unspecified atom stereocenters. The molecule has 1 heterocycles. The van der Waals surface area contributed by atoms with Gasteiger partial charge in [0.1, 0.15) is 6.29 Å². The fourth-order valence-electron chi connectivity index (χ4n) is 3.22. The van der Waals surface area contributed by atoms with Crippen molar-refractivity contribution in [3.05, 3.63) is 0 Å². The minimum Gasteiger partial charge on any atom is -0.303 e. The third kappa shape index (κ3) is 1.31. The fourth-order valence-corrected chi connectivity index (χ4v) is 3.22. The largest absolute Gasteiger partial charge is 0.303 e. The summed E-state index contributed by atoms with van der Waals surface area (Å²) in [5.41, 5.74) is 0.153. The fraction of sp³-hybridized carbons (Fsp3) is 0.917. The highest BCUT2D eigenvalue weighted by molar-refractivity contribution is 5.62. The molecule has 1 saturated carbocycles. The van der Waals surface area contributed by atoms with Gasteiger partial charge in [-0.1, -0.05) is 13.3 Å². The average molecular weight is 195 g/mol. The Morgan fingerprint density at radius 2 is 2.07 bits per heavy atom. The lowest BCUT2D eigenvalue weighted by Crippen LogP contribution is -2.35. The lowest BCUT2D eigenvalue weighted by molar-refractivity contribution is -0.116. The van der Waals surface area contributed by atoms with E-state index in [4.69, 9.17) is 0 Å². The highest BCUT2D eigenvalue weighted by Gasteiger charge is 2.62. The summed E-state index contributed by atoms with van der Waals surface area (Å²) in [6.45, 7) is 8.87. The summed E-state index contributed by atoms with van der Waals surface area (Å²) in [5, 5.41) is 0. The quantitative estimate of drug-likeness (QED) is 0.472. The van der Waals surface area contributed by atoms with Crippen molar-refractivity contribution in [1.82, 2.24) is 4.90 Å². The predicted molar refractivity (Wildman–Crippen MR) is 57.2 cm³/mol. The van der Waals surface area contributed by atoms with E-state index in [0.717, 1.165) is 6.42 Å². The van der Waals surface area contributed by atoms with Crippen LogP contribution in [0.1, 0.15) is 47.0 Å². The maximum absolute atomic E-state index is 11.2. The van der Waals surface area contributed by atoms with Crippen LogP contribution in [0, 0.1) is 5.41 Å². The van der Waals surface area contributed by atoms with Gasteiger partial charge in [-0.2, -0.15) is 0 Å². The van der Waals surface area contributed by atoms with Crippen molar-refractivity contribution in [3.63, 3.8) is 0 Å². The SMILES string of the molecule is CC(C)(C)N1[C@H]2[C@@H]1CCC[C@@]2(C)C=O. The molecule has 0 bridgehead atoms. The van der Waals surface area contributed by atoms with E-state index in [0.29, 0.717) is 12.1 Å². The Morgan fingerprint density at radius 3 is 2.57 bits per heavy atom. The van der Waals surface area contributed by atoms with Crippen LogP contribution in [0.2, 0.25) is 0 Å². The van der Waals surface area contributed by atoms with Crippen molar-refractivity contribution in [2.75, 3.05) is 0 Å². The standard InChI is InChI=1S/C12H21NO/c1-11(2,3)13-9-6-5-7-12(4,8-14)10(9)13/h8-10H,5-7H2,1-4H3/t9-,10-,12-,13?/m0/s1. The number of nitrogens with zero attached hydrogens (tertiary/aromatic N) is 1. The van der Waals surface area contributed by atoms with Crippen LogP contribution < -0.4 is 0 Å². The third-order valence-corrected chi connectivity index (χ3v) is 3.87. The molecule has 0 amide bonds. The molecule has 2 aliphatic rings. The van der Waals surface area contributed by atoms with Gasteiger partial charge in [-0.3, -0.25) is 4.90 Å². The lowest BCUT2D eigenvalue weighted by atomic mass is 9.77. The minimum atomic E-state index is -0.0732. The second-order valence-electron chi connectivity index (χ2n) is 6.11. The maximum atomic E-state index is 11.2. The number of aldehydes is 1. The molecule has 0 aromatic heterocycles. The third-order valence-electron chi connectivity index (χ3n) is 3.87. The Balaban J connectivity index is 2.19. The Bertz CT molecular complexity index is 256. The first-order chi connectivity index (χ1) is 6.40. The summed E-state index contributed by atoms with van der Waals surface area (Å²) >= 11 is 0. The van der Waals surface area contributed by atoms with Gasteiger partial charge in [0.2, 0.25) is 0 Å². The van der Waals surface area contributed by atoms with Crippen LogP contribution in [0.4, 0.5) is 0 Å². The smallest absolute Gasteiger partial charge is 0.127 e. The van der Waals surface area contributed by atoms with Gasteiger partial charge in [-0.05, 0) is 33.6 Å². The topological polar surface area (TPSA) is 20.1 Å². The molecule has 0 radical (unpaired) electrons. The molecular formula is C12H21NO. The molecule has 0 spiro atoms. The van der Waals surface area contributed by atoms with E-state index < -0.39 is 0 Å². The molecule has 0 aromatic carbocycles. The van der Waals surface area contributed by atoms with Crippen LogP contribution in [0.15, 0.2) is 0 Å². The van der Waals surface area contributed by atoms with Crippen molar-refractivity contribution in [3.8, 4) is 0 Å². The van der Waals surface area contributed by atoms with E-state index in [1.807, 2.05) is 0 Å². The van der Waals surface area contributed by atoms with Gasteiger partial charge in [0, 0.05) is 23.0 Å². The maximum Gasteiger partial charge on any atom is 0.127 e. The Labute approximate surface area is 86.7 Å². The number of hydrogen-bond acceptors (Lipinski definition) is 2. The lowest BCUT2D eigenvalue weighted by Gasteiger charge is -2.28. The van der Waals surface area contributed by atoms with Crippen LogP contribution in [-0.4, -0.2) is 28.8 Å². The van der Waals surface area contributed by atoms with Crippen LogP contribution in [-0.2, 0) is 4.79 Å². The first-order valence-electron chi connectivity index (χ1n) is 5.65. The van der Waals surface area contributed by atoms with Crippen molar-refractivity contribution >= 4 is 6.29 Å². The molecule has 80 valence electrons. The highest BCUT2D eigenvalue weighted by Crippen LogP contribution is 2.53. The summed E-state index contributed by atoms with van der Waals surface area (Å²) in [4.78, 5) is 13.7. The van der Waals surface area contributed by atoms with Crippen LogP contribution >= 0.6 is 0 Å². The van der Waals surface area contributed by atoms with Gasteiger partial charge >= 0.3 is 0 Å². The molecule has 0 aromatic rings. The zero-order valence-corrected chi connectivity index (χ0v) is 9.71. The van der Waals surface area contributed by atoms with E-state index in [1.165, 1.54) is 19.1 Å².